The van der Waals surface area contributed by atoms with Crippen molar-refractivity contribution in [3.05, 3.63) is 30.3 Å². The van der Waals surface area contributed by atoms with Gasteiger partial charge in [0.05, 0.1) is 6.61 Å². The quantitative estimate of drug-likeness (QED) is 0.328. The Bertz CT molecular complexity index is 359. The summed E-state index contributed by atoms with van der Waals surface area (Å²) in [5, 5.41) is 0. The van der Waals surface area contributed by atoms with Crippen molar-refractivity contribution >= 4 is 0 Å². The minimum absolute atomic E-state index is 0.649. The van der Waals surface area contributed by atoms with E-state index < -0.39 is 0 Å². The molecule has 0 aliphatic carbocycles. The zero-order valence-electron chi connectivity index (χ0n) is 15.7. The third-order valence-corrected chi connectivity index (χ3v) is 4.72. The van der Waals surface area contributed by atoms with E-state index in [0.717, 1.165) is 18.3 Å². The molecule has 23 heavy (non-hydrogen) atoms. The lowest BCUT2D eigenvalue weighted by Crippen LogP contribution is -2.09. The van der Waals surface area contributed by atoms with Gasteiger partial charge in [0.25, 0.3) is 0 Å². The lowest BCUT2D eigenvalue weighted by Gasteiger charge is -2.15. The zero-order valence-corrected chi connectivity index (χ0v) is 15.7. The van der Waals surface area contributed by atoms with Crippen molar-refractivity contribution in [3.63, 3.8) is 0 Å². The number of benzene rings is 1. The van der Waals surface area contributed by atoms with Crippen molar-refractivity contribution in [1.29, 1.82) is 0 Å². The van der Waals surface area contributed by atoms with Crippen LogP contribution in [0.25, 0.3) is 0 Å². The second-order valence-electron chi connectivity index (χ2n) is 7.32. The maximum absolute atomic E-state index is 5.84. The first-order valence-electron chi connectivity index (χ1n) is 9.90. The van der Waals surface area contributed by atoms with Crippen LogP contribution >= 0.6 is 0 Å². The summed E-state index contributed by atoms with van der Waals surface area (Å²) in [7, 11) is 0. The fraction of sp³-hybridized carbons (Fsp3) is 0.727. The van der Waals surface area contributed by atoms with E-state index in [1.54, 1.807) is 0 Å². The van der Waals surface area contributed by atoms with Gasteiger partial charge >= 0.3 is 0 Å². The minimum Gasteiger partial charge on any atom is -0.493 e. The van der Waals surface area contributed by atoms with E-state index in [-0.39, 0.29) is 0 Å². The topological polar surface area (TPSA) is 9.23 Å². The molecule has 0 saturated heterocycles. The highest BCUT2D eigenvalue weighted by molar-refractivity contribution is 5.20. The second kappa shape index (κ2) is 13.5. The van der Waals surface area contributed by atoms with Gasteiger partial charge in [-0.05, 0) is 30.4 Å². The second-order valence-corrected chi connectivity index (χ2v) is 7.32. The Labute approximate surface area is 144 Å². The van der Waals surface area contributed by atoms with Gasteiger partial charge in [-0.25, -0.2) is 0 Å². The smallest absolute Gasteiger partial charge is 0.119 e. The zero-order chi connectivity index (χ0) is 16.8. The molecule has 1 rings (SSSR count). The highest BCUT2D eigenvalue weighted by Gasteiger charge is 2.06. The third kappa shape index (κ3) is 11.2. The van der Waals surface area contributed by atoms with Gasteiger partial charge < -0.3 is 4.74 Å². The summed E-state index contributed by atoms with van der Waals surface area (Å²) in [6.07, 6.45) is 13.9. The van der Waals surface area contributed by atoms with Gasteiger partial charge in [0.1, 0.15) is 5.75 Å². The summed E-state index contributed by atoms with van der Waals surface area (Å²) < 4.78 is 5.84. The number of hydrogen-bond acceptors (Lipinski definition) is 1. The average molecular weight is 319 g/mol. The van der Waals surface area contributed by atoms with Crippen LogP contribution in [0.5, 0.6) is 5.75 Å². The largest absolute Gasteiger partial charge is 0.493 e. The van der Waals surface area contributed by atoms with Crippen molar-refractivity contribution in [3.8, 4) is 5.75 Å². The molecule has 0 amide bonds. The van der Waals surface area contributed by atoms with Gasteiger partial charge in [0.2, 0.25) is 0 Å². The molecule has 1 heteroatoms. The SMILES string of the molecule is CCCCCCCCC(C)CCCC(C)COc1ccccc1. The maximum Gasteiger partial charge on any atom is 0.119 e. The number of hydrogen-bond donors (Lipinski definition) is 0. The normalized spacial score (nSPS) is 13.7. The molecule has 0 aliphatic heterocycles. The predicted octanol–water partition coefficient (Wildman–Crippen LogP) is 7.26. The Morgan fingerprint density at radius 1 is 0.739 bits per heavy atom. The van der Waals surface area contributed by atoms with Gasteiger partial charge in [-0.15, -0.1) is 0 Å². The van der Waals surface area contributed by atoms with Gasteiger partial charge in [0, 0.05) is 0 Å². The molecule has 1 nitrogen and oxygen atoms in total. The number of unbranched alkanes of at least 4 members (excludes halogenated alkanes) is 5. The monoisotopic (exact) mass is 318 g/mol. The summed E-state index contributed by atoms with van der Waals surface area (Å²) in [5.41, 5.74) is 0. The Morgan fingerprint density at radius 2 is 1.35 bits per heavy atom. The molecular weight excluding hydrogens is 280 g/mol. The van der Waals surface area contributed by atoms with E-state index in [1.165, 1.54) is 64.2 Å². The van der Waals surface area contributed by atoms with Gasteiger partial charge in [-0.1, -0.05) is 96.8 Å². The van der Waals surface area contributed by atoms with E-state index in [4.69, 9.17) is 4.74 Å². The van der Waals surface area contributed by atoms with Gasteiger partial charge in [-0.2, -0.15) is 0 Å². The molecule has 0 spiro atoms. The molecule has 132 valence electrons. The third-order valence-electron chi connectivity index (χ3n) is 4.72. The molecule has 0 radical (unpaired) electrons. The molecule has 2 unspecified atom stereocenters. The minimum atomic E-state index is 0.649. The lowest BCUT2D eigenvalue weighted by molar-refractivity contribution is 0.246. The maximum atomic E-state index is 5.84. The van der Waals surface area contributed by atoms with Crippen molar-refractivity contribution in [1.82, 2.24) is 0 Å². The van der Waals surface area contributed by atoms with E-state index in [9.17, 15) is 0 Å². The molecule has 0 bridgehead atoms. The van der Waals surface area contributed by atoms with Crippen molar-refractivity contribution < 1.29 is 4.74 Å². The average Bonchev–Trinajstić information content (AvgIpc) is 2.57. The van der Waals surface area contributed by atoms with Crippen LogP contribution < -0.4 is 4.74 Å². The number of ether oxygens (including phenoxy) is 1. The highest BCUT2D eigenvalue weighted by atomic mass is 16.5. The van der Waals surface area contributed by atoms with Crippen LogP contribution in [0.3, 0.4) is 0 Å². The summed E-state index contributed by atoms with van der Waals surface area (Å²) in [4.78, 5) is 0. The van der Waals surface area contributed by atoms with E-state index in [0.29, 0.717) is 5.92 Å². The number of rotatable bonds is 14. The molecule has 0 N–H and O–H groups in total. The molecule has 1 aromatic carbocycles. The van der Waals surface area contributed by atoms with Crippen LogP contribution in [0.4, 0.5) is 0 Å². The van der Waals surface area contributed by atoms with Crippen LogP contribution in [-0.2, 0) is 0 Å². The first-order valence-corrected chi connectivity index (χ1v) is 9.90. The predicted molar refractivity (Wildman–Crippen MR) is 102 cm³/mol. The molecular formula is C22H38O. The highest BCUT2D eigenvalue weighted by Crippen LogP contribution is 2.19. The molecule has 2 atom stereocenters. The number of para-hydroxylation sites is 1. The molecule has 1 aromatic rings. The lowest BCUT2D eigenvalue weighted by atomic mass is 9.94. The van der Waals surface area contributed by atoms with E-state index in [2.05, 4.69) is 20.8 Å². The van der Waals surface area contributed by atoms with E-state index in [1.807, 2.05) is 30.3 Å². The summed E-state index contributed by atoms with van der Waals surface area (Å²) in [5.74, 6) is 2.54. The standard InChI is InChI=1S/C22H38O/c1-4-5-6-7-8-10-14-20(2)15-13-16-21(3)19-23-22-17-11-9-12-18-22/h9,11-12,17-18,20-21H,4-8,10,13-16,19H2,1-3H3. The summed E-state index contributed by atoms with van der Waals surface area (Å²) >= 11 is 0. The van der Waals surface area contributed by atoms with Crippen molar-refractivity contribution in [2.75, 3.05) is 6.61 Å². The van der Waals surface area contributed by atoms with Crippen LogP contribution in [0, 0.1) is 11.8 Å². The molecule has 0 heterocycles. The van der Waals surface area contributed by atoms with Gasteiger partial charge in [0.15, 0.2) is 0 Å². The molecule has 0 saturated carbocycles. The van der Waals surface area contributed by atoms with Crippen LogP contribution in [0.15, 0.2) is 30.3 Å². The first-order chi connectivity index (χ1) is 11.2. The van der Waals surface area contributed by atoms with E-state index >= 15 is 0 Å². The Morgan fingerprint density at radius 3 is 2.09 bits per heavy atom. The Hall–Kier alpha value is -0.980. The fourth-order valence-electron chi connectivity index (χ4n) is 3.07. The Balaban J connectivity index is 1.96. The van der Waals surface area contributed by atoms with Crippen LogP contribution in [0.2, 0.25) is 0 Å². The Kier molecular flexibility index (Phi) is 11.7. The fourth-order valence-corrected chi connectivity index (χ4v) is 3.07. The van der Waals surface area contributed by atoms with Crippen molar-refractivity contribution in [2.45, 2.75) is 85.0 Å². The van der Waals surface area contributed by atoms with Gasteiger partial charge in [-0.3, -0.25) is 0 Å². The summed E-state index contributed by atoms with van der Waals surface area (Å²) in [6.45, 7) is 7.86. The first kappa shape index (κ1) is 20.1. The van der Waals surface area contributed by atoms with Crippen LogP contribution in [0.1, 0.15) is 85.0 Å². The van der Waals surface area contributed by atoms with Crippen molar-refractivity contribution in [2.24, 2.45) is 11.8 Å². The summed E-state index contributed by atoms with van der Waals surface area (Å²) in [6, 6.07) is 10.2. The molecule has 0 fully saturated rings. The molecule has 0 aliphatic rings. The van der Waals surface area contributed by atoms with Crippen LogP contribution in [-0.4, -0.2) is 6.61 Å². The molecule has 0 aromatic heterocycles.